The fourth-order valence-corrected chi connectivity index (χ4v) is 6.09. The van der Waals surface area contributed by atoms with Gasteiger partial charge in [-0.05, 0) is 43.7 Å². The van der Waals surface area contributed by atoms with Gasteiger partial charge in [0.1, 0.15) is 11.4 Å². The Kier molecular flexibility index (Phi) is 6.77. The number of hydrogen-bond acceptors (Lipinski definition) is 6. The Morgan fingerprint density at radius 3 is 2.86 bits per heavy atom. The number of aromatic hydroxyl groups is 1. The number of amides is 1. The largest absolute Gasteiger partial charge is 0.493 e. The molecule has 9 heteroatoms. The van der Waals surface area contributed by atoms with Crippen LogP contribution in [-0.4, -0.2) is 25.1 Å². The summed E-state index contributed by atoms with van der Waals surface area (Å²) in [4.78, 5) is 32.2. The minimum Gasteiger partial charge on any atom is -0.493 e. The van der Waals surface area contributed by atoms with Crippen LogP contribution in [0.2, 0.25) is 0 Å². The Morgan fingerprint density at radius 1 is 1.17 bits per heavy atom. The van der Waals surface area contributed by atoms with Crippen LogP contribution in [0.1, 0.15) is 55.9 Å². The maximum Gasteiger partial charge on any atom is 0.284 e. The average molecular weight is 492 g/mol. The Bertz CT molecular complexity index is 1480. The Labute approximate surface area is 206 Å². The molecule has 0 radical (unpaired) electrons. The second-order valence-corrected chi connectivity index (χ2v) is 10.1. The smallest absolute Gasteiger partial charge is 0.284 e. The summed E-state index contributed by atoms with van der Waals surface area (Å²) in [5, 5.41) is 20.2. The van der Waals surface area contributed by atoms with E-state index in [1.165, 1.54) is 15.8 Å². The third kappa shape index (κ3) is 4.52. The quantitative estimate of drug-likeness (QED) is 0.245. The molecule has 0 spiro atoms. The van der Waals surface area contributed by atoms with E-state index in [4.69, 9.17) is 0 Å². The highest BCUT2D eigenvalue weighted by Gasteiger charge is 2.21. The van der Waals surface area contributed by atoms with E-state index in [1.807, 2.05) is 28.8 Å². The van der Waals surface area contributed by atoms with Crippen molar-refractivity contribution in [3.05, 3.63) is 51.4 Å². The van der Waals surface area contributed by atoms with Crippen LogP contribution in [0.5, 0.6) is 5.88 Å². The summed E-state index contributed by atoms with van der Waals surface area (Å²) in [6.07, 6.45) is 9.79. The summed E-state index contributed by atoms with van der Waals surface area (Å²) in [7, 11) is 0. The van der Waals surface area contributed by atoms with Gasteiger partial charge in [0.15, 0.2) is 5.69 Å². The number of benzene rings is 1. The highest BCUT2D eigenvalue weighted by molar-refractivity contribution is 7.18. The van der Waals surface area contributed by atoms with E-state index in [2.05, 4.69) is 22.1 Å². The minimum absolute atomic E-state index is 0.00408. The molecular formula is C26H29N5O3S. The van der Waals surface area contributed by atoms with Gasteiger partial charge in [-0.1, -0.05) is 44.4 Å². The van der Waals surface area contributed by atoms with Gasteiger partial charge in [0.25, 0.3) is 11.5 Å². The van der Waals surface area contributed by atoms with Gasteiger partial charge >= 0.3 is 0 Å². The molecule has 3 heterocycles. The molecule has 0 fully saturated rings. The van der Waals surface area contributed by atoms with Gasteiger partial charge in [-0.3, -0.25) is 14.2 Å². The number of aromatic nitrogens is 3. The van der Waals surface area contributed by atoms with Crippen molar-refractivity contribution in [3.63, 3.8) is 0 Å². The Morgan fingerprint density at radius 2 is 2.00 bits per heavy atom. The molecule has 0 atom stereocenters. The third-order valence-electron chi connectivity index (χ3n) is 6.66. The fraction of sp³-hybridized carbons (Fsp3) is 0.423. The minimum atomic E-state index is -0.573. The van der Waals surface area contributed by atoms with Gasteiger partial charge in [-0.2, -0.15) is 0 Å². The number of nitrogens with zero attached hydrogens (tertiary/aromatic N) is 5. The first-order valence-electron chi connectivity index (χ1n) is 12.3. The Hall–Kier alpha value is -3.33. The highest BCUT2D eigenvalue weighted by atomic mass is 32.1. The zero-order valence-electron chi connectivity index (χ0n) is 19.9. The van der Waals surface area contributed by atoms with Crippen molar-refractivity contribution in [2.24, 2.45) is 10.2 Å². The van der Waals surface area contributed by atoms with Gasteiger partial charge in [-0.25, -0.2) is 4.98 Å². The molecule has 182 valence electrons. The van der Waals surface area contributed by atoms with E-state index in [-0.39, 0.29) is 23.7 Å². The molecule has 0 bridgehead atoms. The molecule has 1 amide bonds. The van der Waals surface area contributed by atoms with Gasteiger partial charge in [0, 0.05) is 16.8 Å². The van der Waals surface area contributed by atoms with Gasteiger partial charge in [0.05, 0.1) is 17.2 Å². The van der Waals surface area contributed by atoms with Gasteiger partial charge < -0.3 is 9.67 Å². The van der Waals surface area contributed by atoms with E-state index in [9.17, 15) is 14.7 Å². The van der Waals surface area contributed by atoms with Crippen LogP contribution in [0.3, 0.4) is 0 Å². The van der Waals surface area contributed by atoms with Crippen molar-refractivity contribution in [1.82, 2.24) is 14.1 Å². The number of fused-ring (bicyclic) bond motifs is 4. The number of unbranched alkanes of at least 4 members (excludes halogenated alkanes) is 3. The lowest BCUT2D eigenvalue weighted by molar-refractivity contribution is -0.118. The summed E-state index contributed by atoms with van der Waals surface area (Å²) in [5.41, 5.74) is 2.02. The number of carbonyl (C=O) groups is 1. The van der Waals surface area contributed by atoms with Gasteiger partial charge in [-0.15, -0.1) is 21.6 Å². The first-order chi connectivity index (χ1) is 17.1. The number of carbonyl (C=O) groups excluding carboxylic acids is 1. The summed E-state index contributed by atoms with van der Waals surface area (Å²) in [6.45, 7) is 2.59. The number of rotatable bonds is 8. The number of hydrogen-bond donors (Lipinski definition) is 1. The SMILES string of the molecule is CCCCCCn1c(O)c(N=NC(=O)Cn2cnc3sc4c(c3c2=O)CCCC4)c2ccccc21. The van der Waals surface area contributed by atoms with Crippen molar-refractivity contribution in [2.45, 2.75) is 71.4 Å². The molecule has 8 nitrogen and oxygen atoms in total. The van der Waals surface area contributed by atoms with E-state index in [0.717, 1.165) is 72.7 Å². The molecule has 5 rings (SSSR count). The van der Waals surface area contributed by atoms with Crippen LogP contribution in [0.25, 0.3) is 21.1 Å². The summed E-state index contributed by atoms with van der Waals surface area (Å²) in [5.74, 6) is -0.569. The molecule has 0 saturated heterocycles. The number of thiophene rings is 1. The summed E-state index contributed by atoms with van der Waals surface area (Å²) >= 11 is 1.58. The van der Waals surface area contributed by atoms with Crippen molar-refractivity contribution in [2.75, 3.05) is 0 Å². The molecule has 4 aromatic rings. The van der Waals surface area contributed by atoms with Crippen LogP contribution in [0, 0.1) is 0 Å². The summed E-state index contributed by atoms with van der Waals surface area (Å²) in [6, 6.07) is 7.57. The lowest BCUT2D eigenvalue weighted by Crippen LogP contribution is -2.24. The molecule has 35 heavy (non-hydrogen) atoms. The maximum atomic E-state index is 13.1. The average Bonchev–Trinajstić information content (AvgIpc) is 3.37. The second-order valence-electron chi connectivity index (χ2n) is 9.06. The highest BCUT2D eigenvalue weighted by Crippen LogP contribution is 2.39. The molecule has 1 aliphatic carbocycles. The molecule has 0 unspecified atom stereocenters. The molecule has 1 aromatic carbocycles. The number of aryl methyl sites for hydroxylation is 3. The predicted octanol–water partition coefficient (Wildman–Crippen LogP) is 5.89. The molecule has 0 aliphatic heterocycles. The Balaban J connectivity index is 1.39. The lowest BCUT2D eigenvalue weighted by Gasteiger charge is -2.10. The van der Waals surface area contributed by atoms with E-state index in [0.29, 0.717) is 11.9 Å². The summed E-state index contributed by atoms with van der Waals surface area (Å²) < 4.78 is 3.13. The van der Waals surface area contributed by atoms with E-state index in [1.54, 1.807) is 11.3 Å². The van der Waals surface area contributed by atoms with Gasteiger partial charge in [0.2, 0.25) is 5.88 Å². The van der Waals surface area contributed by atoms with Crippen LogP contribution in [0.4, 0.5) is 5.69 Å². The molecule has 0 saturated carbocycles. The molecule has 1 N–H and O–H groups in total. The fourth-order valence-electron chi connectivity index (χ4n) is 4.87. The monoisotopic (exact) mass is 491 g/mol. The van der Waals surface area contributed by atoms with Crippen LogP contribution in [-0.2, 0) is 30.7 Å². The lowest BCUT2D eigenvalue weighted by atomic mass is 9.97. The first-order valence-corrected chi connectivity index (χ1v) is 13.1. The van der Waals surface area contributed by atoms with Crippen molar-refractivity contribution >= 4 is 44.1 Å². The number of azo groups is 1. The standard InChI is InChI=1S/C26H29N5O3S/c1-2-3-4-9-14-31-19-12-7-5-10-17(19)23(26(31)34)29-28-21(32)15-30-16-27-24-22(25(30)33)18-11-6-8-13-20(18)35-24/h5,7,10,12,16,34H,2-4,6,8-9,11,13-15H2,1H3. The molecular weight excluding hydrogens is 462 g/mol. The third-order valence-corrected chi connectivity index (χ3v) is 7.86. The maximum absolute atomic E-state index is 13.1. The molecule has 3 aromatic heterocycles. The van der Waals surface area contributed by atoms with Crippen LogP contribution >= 0.6 is 11.3 Å². The van der Waals surface area contributed by atoms with Crippen molar-refractivity contribution < 1.29 is 9.90 Å². The topological polar surface area (TPSA) is 102 Å². The normalized spacial score (nSPS) is 13.7. The van der Waals surface area contributed by atoms with Crippen molar-refractivity contribution in [3.8, 4) is 5.88 Å². The van der Waals surface area contributed by atoms with Crippen molar-refractivity contribution in [1.29, 1.82) is 0 Å². The molecule has 1 aliphatic rings. The zero-order valence-corrected chi connectivity index (χ0v) is 20.7. The second kappa shape index (κ2) is 10.1. The van der Waals surface area contributed by atoms with Crippen LogP contribution in [0.15, 0.2) is 45.6 Å². The first kappa shape index (κ1) is 23.4. The van der Waals surface area contributed by atoms with E-state index >= 15 is 0 Å². The zero-order chi connectivity index (χ0) is 24.4. The predicted molar refractivity (Wildman–Crippen MR) is 138 cm³/mol. The van der Waals surface area contributed by atoms with E-state index < -0.39 is 5.91 Å². The van der Waals surface area contributed by atoms with Crippen LogP contribution < -0.4 is 5.56 Å². The number of para-hydroxylation sites is 1.